The van der Waals surface area contributed by atoms with Gasteiger partial charge in [0.05, 0.1) is 18.9 Å². The van der Waals surface area contributed by atoms with Crippen molar-refractivity contribution >= 4 is 41.1 Å². The number of ether oxygens (including phenoxy) is 1. The van der Waals surface area contributed by atoms with E-state index in [9.17, 15) is 19.2 Å². The molecule has 1 fully saturated rings. The topological polar surface area (TPSA) is 120 Å². The molecule has 160 valence electrons. The van der Waals surface area contributed by atoms with Gasteiger partial charge in [-0.1, -0.05) is 11.6 Å². The van der Waals surface area contributed by atoms with Gasteiger partial charge in [-0.05, 0) is 44.5 Å². The maximum absolute atomic E-state index is 12.6. The van der Waals surface area contributed by atoms with Crippen molar-refractivity contribution in [1.82, 2.24) is 10.2 Å². The van der Waals surface area contributed by atoms with Crippen LogP contribution in [0.1, 0.15) is 32.3 Å². The quantitative estimate of drug-likeness (QED) is 0.494. The number of carbonyl (C=O) groups is 4. The number of benzene rings is 1. The zero-order chi connectivity index (χ0) is 22.5. The number of esters is 1. The molecule has 9 nitrogen and oxygen atoms in total. The van der Waals surface area contributed by atoms with E-state index in [1.54, 1.807) is 39.0 Å². The highest BCUT2D eigenvalue weighted by molar-refractivity contribution is 6.31. The van der Waals surface area contributed by atoms with Crippen LogP contribution < -0.4 is 10.2 Å². The van der Waals surface area contributed by atoms with Crippen molar-refractivity contribution in [3.05, 3.63) is 28.8 Å². The van der Waals surface area contributed by atoms with E-state index in [1.165, 1.54) is 4.90 Å². The summed E-state index contributed by atoms with van der Waals surface area (Å²) < 4.78 is 5.01. The predicted octanol–water partition coefficient (Wildman–Crippen LogP) is 2.16. The van der Waals surface area contributed by atoms with E-state index >= 15 is 0 Å². The Hall–Kier alpha value is -3.12. The first-order valence-electron chi connectivity index (χ1n) is 9.30. The Bertz CT molecular complexity index is 909. The SMILES string of the molecule is Cc1cc(N(CCC#N)C(=O)COC(=O)CCN2C(=O)NC(C)(C)C2=O)ccc1Cl. The molecule has 0 bridgehead atoms. The van der Waals surface area contributed by atoms with E-state index in [0.717, 1.165) is 10.5 Å². The van der Waals surface area contributed by atoms with Gasteiger partial charge in [0.2, 0.25) is 0 Å². The molecule has 1 heterocycles. The molecule has 30 heavy (non-hydrogen) atoms. The molecule has 1 N–H and O–H groups in total. The molecule has 0 radical (unpaired) electrons. The number of aryl methyl sites for hydroxylation is 1. The van der Waals surface area contributed by atoms with Gasteiger partial charge in [0.1, 0.15) is 5.54 Å². The van der Waals surface area contributed by atoms with E-state index in [-0.39, 0.29) is 25.9 Å². The summed E-state index contributed by atoms with van der Waals surface area (Å²) in [6, 6.07) is 6.40. The van der Waals surface area contributed by atoms with Crippen LogP contribution in [0.3, 0.4) is 0 Å². The van der Waals surface area contributed by atoms with Gasteiger partial charge in [-0.3, -0.25) is 19.3 Å². The van der Waals surface area contributed by atoms with Crippen LogP contribution in [0.2, 0.25) is 5.02 Å². The molecule has 1 aromatic carbocycles. The number of halogens is 1. The van der Waals surface area contributed by atoms with Gasteiger partial charge in [-0.25, -0.2) is 4.79 Å². The Morgan fingerprint density at radius 1 is 1.33 bits per heavy atom. The molecule has 2 rings (SSSR count). The first-order valence-corrected chi connectivity index (χ1v) is 9.68. The molecule has 0 aromatic heterocycles. The average molecular weight is 435 g/mol. The number of rotatable bonds is 8. The number of amides is 4. The lowest BCUT2D eigenvalue weighted by Gasteiger charge is -2.22. The van der Waals surface area contributed by atoms with Crippen molar-refractivity contribution in [2.24, 2.45) is 0 Å². The maximum Gasteiger partial charge on any atom is 0.325 e. The normalized spacial score (nSPS) is 14.8. The van der Waals surface area contributed by atoms with Gasteiger partial charge in [-0.2, -0.15) is 5.26 Å². The third kappa shape index (κ3) is 5.48. The lowest BCUT2D eigenvalue weighted by Crippen LogP contribution is -2.40. The number of anilines is 1. The van der Waals surface area contributed by atoms with Crippen LogP contribution in [0.25, 0.3) is 0 Å². The first kappa shape index (κ1) is 23.2. The largest absolute Gasteiger partial charge is 0.455 e. The molecule has 1 saturated heterocycles. The highest BCUT2D eigenvalue weighted by Gasteiger charge is 2.44. The monoisotopic (exact) mass is 434 g/mol. The Labute approximate surface area is 179 Å². The highest BCUT2D eigenvalue weighted by atomic mass is 35.5. The van der Waals surface area contributed by atoms with E-state index in [2.05, 4.69) is 5.32 Å². The summed E-state index contributed by atoms with van der Waals surface area (Å²) in [5.41, 5.74) is 0.279. The van der Waals surface area contributed by atoms with Crippen LogP contribution in [0.5, 0.6) is 0 Å². The number of hydrogen-bond donors (Lipinski definition) is 1. The minimum Gasteiger partial charge on any atom is -0.455 e. The van der Waals surface area contributed by atoms with Crippen molar-refractivity contribution < 1.29 is 23.9 Å². The first-order chi connectivity index (χ1) is 14.1. The molecule has 1 aromatic rings. The zero-order valence-corrected chi connectivity index (χ0v) is 17.8. The summed E-state index contributed by atoms with van der Waals surface area (Å²) in [4.78, 5) is 50.8. The van der Waals surface area contributed by atoms with Crippen LogP contribution in [-0.2, 0) is 19.1 Å². The predicted molar refractivity (Wildman–Crippen MR) is 109 cm³/mol. The second-order valence-electron chi connectivity index (χ2n) is 7.31. The average Bonchev–Trinajstić information content (AvgIpc) is 2.88. The van der Waals surface area contributed by atoms with Crippen LogP contribution in [-0.4, -0.2) is 54.0 Å². The summed E-state index contributed by atoms with van der Waals surface area (Å²) in [7, 11) is 0. The number of urea groups is 1. The van der Waals surface area contributed by atoms with E-state index < -0.39 is 36.0 Å². The minimum absolute atomic E-state index is 0.101. The Morgan fingerprint density at radius 3 is 2.60 bits per heavy atom. The number of nitriles is 1. The van der Waals surface area contributed by atoms with Gasteiger partial charge in [-0.15, -0.1) is 0 Å². The highest BCUT2D eigenvalue weighted by Crippen LogP contribution is 2.23. The molecule has 0 spiro atoms. The molecule has 0 aliphatic carbocycles. The molecular weight excluding hydrogens is 412 g/mol. The van der Waals surface area contributed by atoms with E-state index in [4.69, 9.17) is 21.6 Å². The molecule has 1 aliphatic heterocycles. The van der Waals surface area contributed by atoms with E-state index in [0.29, 0.717) is 10.7 Å². The van der Waals surface area contributed by atoms with Crippen LogP contribution in [0.4, 0.5) is 10.5 Å². The second-order valence-corrected chi connectivity index (χ2v) is 7.72. The Kier molecular flexibility index (Phi) is 7.40. The molecule has 10 heteroatoms. The van der Waals surface area contributed by atoms with Gasteiger partial charge >= 0.3 is 12.0 Å². The Balaban J connectivity index is 1.93. The maximum atomic E-state index is 12.6. The number of nitrogens with one attached hydrogen (secondary N) is 1. The zero-order valence-electron chi connectivity index (χ0n) is 17.0. The fourth-order valence-electron chi connectivity index (χ4n) is 2.87. The van der Waals surface area contributed by atoms with Crippen molar-refractivity contribution in [3.8, 4) is 6.07 Å². The van der Waals surface area contributed by atoms with Gasteiger partial charge < -0.3 is 15.0 Å². The summed E-state index contributed by atoms with van der Waals surface area (Å²) in [5.74, 6) is -1.66. The van der Waals surface area contributed by atoms with Crippen LogP contribution in [0.15, 0.2) is 18.2 Å². The molecule has 0 atom stereocenters. The van der Waals surface area contributed by atoms with Gasteiger partial charge in [0, 0.05) is 23.8 Å². The molecule has 4 amide bonds. The number of nitrogens with zero attached hydrogens (tertiary/aromatic N) is 3. The summed E-state index contributed by atoms with van der Waals surface area (Å²) in [6.07, 6.45) is -0.135. The minimum atomic E-state index is -1.02. The van der Waals surface area contributed by atoms with Crippen molar-refractivity contribution in [2.45, 2.75) is 39.2 Å². The fourth-order valence-corrected chi connectivity index (χ4v) is 2.99. The number of hydrogen-bond acceptors (Lipinski definition) is 6. The summed E-state index contributed by atoms with van der Waals surface area (Å²) >= 11 is 6.02. The van der Waals surface area contributed by atoms with Crippen molar-refractivity contribution in [2.75, 3.05) is 24.6 Å². The molecule has 0 unspecified atom stereocenters. The third-order valence-corrected chi connectivity index (χ3v) is 4.97. The van der Waals surface area contributed by atoms with E-state index in [1.807, 2.05) is 6.07 Å². The summed E-state index contributed by atoms with van der Waals surface area (Å²) in [6.45, 7) is 4.38. The third-order valence-electron chi connectivity index (χ3n) is 4.54. The number of imide groups is 1. The second kappa shape index (κ2) is 9.59. The number of carbonyl (C=O) groups excluding carboxylic acids is 4. The van der Waals surface area contributed by atoms with Gasteiger partial charge in [0.25, 0.3) is 11.8 Å². The lowest BCUT2D eigenvalue weighted by atomic mass is 10.1. The molecular formula is C20H23ClN4O5. The van der Waals surface area contributed by atoms with Crippen molar-refractivity contribution in [1.29, 1.82) is 5.26 Å². The van der Waals surface area contributed by atoms with Crippen LogP contribution >= 0.6 is 11.6 Å². The van der Waals surface area contributed by atoms with Crippen molar-refractivity contribution in [3.63, 3.8) is 0 Å². The molecule has 0 saturated carbocycles. The van der Waals surface area contributed by atoms with Crippen LogP contribution in [0, 0.1) is 18.3 Å². The standard InChI is InChI=1S/C20H23ClN4O5/c1-13-11-14(5-6-15(13)21)24(9-4-8-22)16(26)12-30-17(27)7-10-25-18(28)20(2,3)23-19(25)29/h5-6,11H,4,7,9-10,12H2,1-3H3,(H,23,29). The summed E-state index contributed by atoms with van der Waals surface area (Å²) in [5, 5.41) is 11.9. The Morgan fingerprint density at radius 2 is 2.03 bits per heavy atom. The fraction of sp³-hybridized carbons (Fsp3) is 0.450. The molecule has 1 aliphatic rings. The lowest BCUT2D eigenvalue weighted by molar-refractivity contribution is -0.148. The van der Waals surface area contributed by atoms with Gasteiger partial charge in [0.15, 0.2) is 6.61 Å². The smallest absolute Gasteiger partial charge is 0.325 e.